The fourth-order valence-electron chi connectivity index (χ4n) is 1.79. The minimum absolute atomic E-state index is 0.125. The van der Waals surface area contributed by atoms with Crippen LogP contribution in [0.25, 0.3) is 0 Å². The van der Waals surface area contributed by atoms with Crippen LogP contribution in [0, 0.1) is 0 Å². The highest BCUT2D eigenvalue weighted by Crippen LogP contribution is 2.17. The third kappa shape index (κ3) is 4.34. The zero-order valence-electron chi connectivity index (χ0n) is 11.2. The van der Waals surface area contributed by atoms with Crippen molar-refractivity contribution >= 4 is 5.69 Å². The molecule has 102 valence electrons. The molecule has 0 saturated carbocycles. The van der Waals surface area contributed by atoms with Gasteiger partial charge in [0.2, 0.25) is 0 Å². The molecule has 0 amide bonds. The van der Waals surface area contributed by atoms with Crippen molar-refractivity contribution in [3.05, 3.63) is 48.4 Å². The molecule has 1 unspecified atom stereocenters. The maximum atomic E-state index is 5.79. The highest BCUT2D eigenvalue weighted by Gasteiger charge is 2.08. The predicted octanol–water partition coefficient (Wildman–Crippen LogP) is 2.36. The Labute approximate surface area is 114 Å². The number of unbranched alkanes of at least 4 members (excludes halogenated alkanes) is 1. The summed E-state index contributed by atoms with van der Waals surface area (Å²) in [6.07, 6.45) is 8.33. The molecule has 1 heterocycles. The lowest BCUT2D eigenvalue weighted by atomic mass is 10.2. The summed E-state index contributed by atoms with van der Waals surface area (Å²) >= 11 is 0. The SMILES string of the molecule is CCCCNC1C=C(Oc2ccc(N)cc2)C=CN1. The van der Waals surface area contributed by atoms with Gasteiger partial charge in [0, 0.05) is 11.9 Å². The van der Waals surface area contributed by atoms with Crippen LogP contribution in [0.1, 0.15) is 19.8 Å². The molecule has 0 spiro atoms. The van der Waals surface area contributed by atoms with E-state index < -0.39 is 0 Å². The Balaban J connectivity index is 1.91. The first-order valence-corrected chi connectivity index (χ1v) is 6.69. The zero-order chi connectivity index (χ0) is 13.5. The first-order chi connectivity index (χ1) is 9.28. The van der Waals surface area contributed by atoms with Crippen molar-refractivity contribution in [2.75, 3.05) is 12.3 Å². The molecule has 19 heavy (non-hydrogen) atoms. The van der Waals surface area contributed by atoms with Crippen molar-refractivity contribution in [1.29, 1.82) is 0 Å². The molecule has 0 saturated heterocycles. The van der Waals surface area contributed by atoms with Crippen LogP contribution in [-0.2, 0) is 0 Å². The first-order valence-electron chi connectivity index (χ1n) is 6.69. The molecule has 4 nitrogen and oxygen atoms in total. The molecule has 0 fully saturated rings. The van der Waals surface area contributed by atoms with Gasteiger partial charge < -0.3 is 15.8 Å². The van der Waals surface area contributed by atoms with E-state index in [4.69, 9.17) is 10.5 Å². The average molecular weight is 259 g/mol. The van der Waals surface area contributed by atoms with Crippen LogP contribution >= 0.6 is 0 Å². The Hall–Kier alpha value is -1.94. The highest BCUT2D eigenvalue weighted by molar-refractivity contribution is 5.42. The van der Waals surface area contributed by atoms with Gasteiger partial charge in [-0.05, 0) is 49.4 Å². The van der Waals surface area contributed by atoms with E-state index in [0.29, 0.717) is 0 Å². The molecule has 1 aliphatic heterocycles. The Morgan fingerprint density at radius 2 is 2.11 bits per heavy atom. The van der Waals surface area contributed by atoms with Crippen LogP contribution in [0.3, 0.4) is 0 Å². The molecule has 4 heteroatoms. The van der Waals surface area contributed by atoms with Gasteiger partial charge in [0.05, 0.1) is 6.17 Å². The van der Waals surface area contributed by atoms with Crippen molar-refractivity contribution in [2.45, 2.75) is 25.9 Å². The number of ether oxygens (including phenoxy) is 1. The Morgan fingerprint density at radius 1 is 1.32 bits per heavy atom. The van der Waals surface area contributed by atoms with E-state index >= 15 is 0 Å². The van der Waals surface area contributed by atoms with Crippen molar-refractivity contribution in [2.24, 2.45) is 0 Å². The lowest BCUT2D eigenvalue weighted by Crippen LogP contribution is -2.40. The van der Waals surface area contributed by atoms with Gasteiger partial charge in [0.25, 0.3) is 0 Å². The van der Waals surface area contributed by atoms with Gasteiger partial charge in [-0.2, -0.15) is 0 Å². The summed E-state index contributed by atoms with van der Waals surface area (Å²) in [7, 11) is 0. The van der Waals surface area contributed by atoms with Gasteiger partial charge in [-0.15, -0.1) is 0 Å². The van der Waals surface area contributed by atoms with Crippen LogP contribution in [0.2, 0.25) is 0 Å². The molecule has 4 N–H and O–H groups in total. The number of dihydropyridines is 1. The van der Waals surface area contributed by atoms with Gasteiger partial charge in [-0.3, -0.25) is 5.32 Å². The second kappa shape index (κ2) is 6.85. The Morgan fingerprint density at radius 3 is 2.84 bits per heavy atom. The molecule has 1 atom stereocenters. The lowest BCUT2D eigenvalue weighted by Gasteiger charge is -2.20. The number of anilines is 1. The topological polar surface area (TPSA) is 59.3 Å². The maximum absolute atomic E-state index is 5.79. The first kappa shape index (κ1) is 13.5. The molecule has 2 rings (SSSR count). The molecule has 0 bridgehead atoms. The number of rotatable bonds is 6. The number of nitrogen functional groups attached to an aromatic ring is 1. The van der Waals surface area contributed by atoms with Gasteiger partial charge in [-0.1, -0.05) is 13.3 Å². The van der Waals surface area contributed by atoms with E-state index in [1.54, 1.807) is 0 Å². The van der Waals surface area contributed by atoms with E-state index in [2.05, 4.69) is 17.6 Å². The second-order valence-corrected chi connectivity index (χ2v) is 4.53. The third-order valence-corrected chi connectivity index (χ3v) is 2.86. The van der Waals surface area contributed by atoms with E-state index in [-0.39, 0.29) is 6.17 Å². The number of hydrogen-bond donors (Lipinski definition) is 3. The van der Waals surface area contributed by atoms with Gasteiger partial charge in [-0.25, -0.2) is 0 Å². The van der Waals surface area contributed by atoms with Crippen LogP contribution in [-0.4, -0.2) is 12.7 Å². The summed E-state index contributed by atoms with van der Waals surface area (Å²) in [4.78, 5) is 0. The van der Waals surface area contributed by atoms with E-state index in [0.717, 1.165) is 23.7 Å². The van der Waals surface area contributed by atoms with Gasteiger partial charge in [0.1, 0.15) is 11.5 Å². The molecule has 1 aromatic carbocycles. The van der Waals surface area contributed by atoms with E-state index in [9.17, 15) is 0 Å². The summed E-state index contributed by atoms with van der Waals surface area (Å²) < 4.78 is 5.79. The molecule has 0 aliphatic carbocycles. The highest BCUT2D eigenvalue weighted by atomic mass is 16.5. The molecule has 0 radical (unpaired) electrons. The number of nitrogens with two attached hydrogens (primary N) is 1. The zero-order valence-corrected chi connectivity index (χ0v) is 11.2. The standard InChI is InChI=1S/C15H21N3O/c1-2-3-9-17-15-11-14(8-10-18-15)19-13-6-4-12(16)5-7-13/h4-8,10-11,15,17-18H,2-3,9,16H2,1H3. The summed E-state index contributed by atoms with van der Waals surface area (Å²) in [6.45, 7) is 3.18. The third-order valence-electron chi connectivity index (χ3n) is 2.86. The van der Waals surface area contributed by atoms with Gasteiger partial charge >= 0.3 is 0 Å². The average Bonchev–Trinajstić information content (AvgIpc) is 2.42. The van der Waals surface area contributed by atoms with Crippen LogP contribution in [0.4, 0.5) is 5.69 Å². The van der Waals surface area contributed by atoms with E-state index in [1.165, 1.54) is 12.8 Å². The number of nitrogens with one attached hydrogen (secondary N) is 2. The maximum Gasteiger partial charge on any atom is 0.128 e. The quantitative estimate of drug-likeness (QED) is 0.542. The fourth-order valence-corrected chi connectivity index (χ4v) is 1.79. The summed E-state index contributed by atoms with van der Waals surface area (Å²) in [6, 6.07) is 7.40. The number of hydrogen-bond acceptors (Lipinski definition) is 4. The fraction of sp³-hybridized carbons (Fsp3) is 0.333. The van der Waals surface area contributed by atoms with Crippen molar-refractivity contribution < 1.29 is 4.74 Å². The minimum atomic E-state index is 0.125. The monoisotopic (exact) mass is 259 g/mol. The van der Waals surface area contributed by atoms with Crippen molar-refractivity contribution in [1.82, 2.24) is 10.6 Å². The smallest absolute Gasteiger partial charge is 0.128 e. The Kier molecular flexibility index (Phi) is 4.86. The summed E-state index contributed by atoms with van der Waals surface area (Å²) in [5.41, 5.74) is 6.38. The molecule has 0 aromatic heterocycles. The number of allylic oxidation sites excluding steroid dienone is 1. The van der Waals surface area contributed by atoms with Crippen LogP contribution in [0.15, 0.2) is 48.4 Å². The molecule has 1 aromatic rings. The van der Waals surface area contributed by atoms with Crippen molar-refractivity contribution in [3.8, 4) is 5.75 Å². The number of benzene rings is 1. The van der Waals surface area contributed by atoms with Gasteiger partial charge in [0.15, 0.2) is 0 Å². The molecule has 1 aliphatic rings. The summed E-state index contributed by atoms with van der Waals surface area (Å²) in [5, 5.41) is 6.64. The minimum Gasteiger partial charge on any atom is -0.458 e. The van der Waals surface area contributed by atoms with E-state index in [1.807, 2.05) is 42.6 Å². The largest absolute Gasteiger partial charge is 0.458 e. The second-order valence-electron chi connectivity index (χ2n) is 4.53. The Bertz CT molecular complexity index is 451. The van der Waals surface area contributed by atoms with Crippen molar-refractivity contribution in [3.63, 3.8) is 0 Å². The summed E-state index contributed by atoms with van der Waals surface area (Å²) in [5.74, 6) is 1.62. The molecular formula is C15H21N3O. The normalized spacial score (nSPS) is 17.7. The predicted molar refractivity (Wildman–Crippen MR) is 78.5 cm³/mol. The molecular weight excluding hydrogens is 238 g/mol. The van der Waals surface area contributed by atoms with Crippen LogP contribution < -0.4 is 21.1 Å². The lowest BCUT2D eigenvalue weighted by molar-refractivity contribution is 0.422. The van der Waals surface area contributed by atoms with Crippen LogP contribution in [0.5, 0.6) is 5.75 Å².